The Balaban J connectivity index is 1.97. The fourth-order valence-electron chi connectivity index (χ4n) is 2.79. The van der Waals surface area contributed by atoms with Crippen molar-refractivity contribution in [1.29, 1.82) is 0 Å². The number of hydrogen-bond acceptors (Lipinski definition) is 3. The molecule has 1 aliphatic heterocycles. The molecule has 1 amide bonds. The molecular formula is C17H23FN2O3. The third-order valence-corrected chi connectivity index (χ3v) is 4.24. The minimum atomic E-state index is -1.22. The van der Waals surface area contributed by atoms with Crippen molar-refractivity contribution in [2.24, 2.45) is 0 Å². The summed E-state index contributed by atoms with van der Waals surface area (Å²) in [6, 6.07) is 3.35. The lowest BCUT2D eigenvalue weighted by Gasteiger charge is -2.41. The first-order valence-electron chi connectivity index (χ1n) is 7.77. The SMILES string of the molecule is CC(C)(C)N1CCC(NC(=O)c2ccc(C(=O)O)cc2F)CC1. The Morgan fingerprint density at radius 1 is 1.26 bits per heavy atom. The molecule has 1 heterocycles. The molecule has 1 aromatic carbocycles. The summed E-state index contributed by atoms with van der Waals surface area (Å²) in [5.41, 5.74) is -0.181. The number of benzene rings is 1. The zero-order valence-electron chi connectivity index (χ0n) is 13.7. The lowest BCUT2D eigenvalue weighted by molar-refractivity contribution is 0.0694. The highest BCUT2D eigenvalue weighted by Crippen LogP contribution is 2.20. The van der Waals surface area contributed by atoms with Gasteiger partial charge in [-0.25, -0.2) is 9.18 Å². The predicted molar refractivity (Wildman–Crippen MR) is 85.2 cm³/mol. The quantitative estimate of drug-likeness (QED) is 0.897. The summed E-state index contributed by atoms with van der Waals surface area (Å²) < 4.78 is 13.9. The van der Waals surface area contributed by atoms with Gasteiger partial charge in [0.05, 0.1) is 11.1 Å². The topological polar surface area (TPSA) is 69.6 Å². The molecule has 0 atom stereocenters. The molecule has 0 aromatic heterocycles. The highest BCUT2D eigenvalue weighted by Gasteiger charge is 2.28. The molecule has 0 bridgehead atoms. The van der Waals surface area contributed by atoms with Crippen molar-refractivity contribution >= 4 is 11.9 Å². The van der Waals surface area contributed by atoms with E-state index >= 15 is 0 Å². The van der Waals surface area contributed by atoms with Crippen molar-refractivity contribution < 1.29 is 19.1 Å². The van der Waals surface area contributed by atoms with Crippen LogP contribution in [-0.2, 0) is 0 Å². The van der Waals surface area contributed by atoms with Crippen molar-refractivity contribution in [1.82, 2.24) is 10.2 Å². The van der Waals surface area contributed by atoms with E-state index in [2.05, 4.69) is 31.0 Å². The van der Waals surface area contributed by atoms with Gasteiger partial charge in [-0.15, -0.1) is 0 Å². The molecule has 23 heavy (non-hydrogen) atoms. The van der Waals surface area contributed by atoms with Gasteiger partial charge in [-0.1, -0.05) is 0 Å². The predicted octanol–water partition coefficient (Wildman–Crippen LogP) is 2.52. The van der Waals surface area contributed by atoms with Crippen LogP contribution in [-0.4, -0.2) is 46.6 Å². The van der Waals surface area contributed by atoms with Gasteiger partial charge in [-0.3, -0.25) is 9.69 Å². The number of carbonyl (C=O) groups excluding carboxylic acids is 1. The Kier molecular flexibility index (Phi) is 5.04. The minimum absolute atomic E-state index is 0.0136. The van der Waals surface area contributed by atoms with Crippen LogP contribution in [0.15, 0.2) is 18.2 Å². The Bertz CT molecular complexity index is 602. The molecule has 1 aliphatic rings. The molecule has 1 aromatic rings. The zero-order valence-corrected chi connectivity index (χ0v) is 13.7. The number of carboxylic acid groups (broad SMARTS) is 1. The van der Waals surface area contributed by atoms with Crippen molar-refractivity contribution in [2.45, 2.75) is 45.2 Å². The van der Waals surface area contributed by atoms with Crippen molar-refractivity contribution in [2.75, 3.05) is 13.1 Å². The number of carboxylic acids is 1. The second kappa shape index (κ2) is 6.66. The summed E-state index contributed by atoms with van der Waals surface area (Å²) in [4.78, 5) is 25.3. The lowest BCUT2D eigenvalue weighted by Crippen LogP contribution is -2.50. The van der Waals surface area contributed by atoms with Crippen molar-refractivity contribution in [3.05, 3.63) is 35.1 Å². The molecular weight excluding hydrogens is 299 g/mol. The molecule has 0 saturated carbocycles. The standard InChI is InChI=1S/C17H23FN2O3/c1-17(2,3)20-8-6-12(7-9-20)19-15(21)13-5-4-11(16(22)23)10-14(13)18/h4-5,10,12H,6-9H2,1-3H3,(H,19,21)(H,22,23). The van der Waals surface area contributed by atoms with Gasteiger partial charge < -0.3 is 10.4 Å². The number of piperidine rings is 1. The normalized spacial score (nSPS) is 17.0. The number of hydrogen-bond donors (Lipinski definition) is 2. The second-order valence-electron chi connectivity index (χ2n) is 6.91. The molecule has 5 nitrogen and oxygen atoms in total. The summed E-state index contributed by atoms with van der Waals surface area (Å²) in [5.74, 6) is -2.52. The van der Waals surface area contributed by atoms with Crippen LogP contribution in [0, 0.1) is 5.82 Å². The number of amides is 1. The van der Waals surface area contributed by atoms with Gasteiger partial charge in [0.15, 0.2) is 0 Å². The summed E-state index contributed by atoms with van der Waals surface area (Å²) in [7, 11) is 0. The largest absolute Gasteiger partial charge is 0.478 e. The molecule has 0 aliphatic carbocycles. The average Bonchev–Trinajstić information content (AvgIpc) is 2.46. The van der Waals surface area contributed by atoms with E-state index in [1.807, 2.05) is 0 Å². The van der Waals surface area contributed by atoms with Gasteiger partial charge in [-0.05, 0) is 51.8 Å². The molecule has 0 spiro atoms. The van der Waals surface area contributed by atoms with Crippen LogP contribution >= 0.6 is 0 Å². The van der Waals surface area contributed by atoms with Gasteiger partial charge in [-0.2, -0.15) is 0 Å². The van der Waals surface area contributed by atoms with Crippen LogP contribution in [0.2, 0.25) is 0 Å². The molecule has 1 fully saturated rings. The monoisotopic (exact) mass is 322 g/mol. The molecule has 2 N–H and O–H groups in total. The molecule has 0 unspecified atom stereocenters. The van der Waals surface area contributed by atoms with E-state index in [1.54, 1.807) is 0 Å². The van der Waals surface area contributed by atoms with Gasteiger partial charge >= 0.3 is 5.97 Å². The van der Waals surface area contributed by atoms with Crippen LogP contribution < -0.4 is 5.32 Å². The Hall–Kier alpha value is -1.95. The zero-order chi connectivity index (χ0) is 17.2. The van der Waals surface area contributed by atoms with Crippen LogP contribution in [0.25, 0.3) is 0 Å². The summed E-state index contributed by atoms with van der Waals surface area (Å²) in [6.45, 7) is 8.24. The maximum Gasteiger partial charge on any atom is 0.335 e. The van der Waals surface area contributed by atoms with Gasteiger partial charge in [0.2, 0.25) is 0 Å². The summed E-state index contributed by atoms with van der Waals surface area (Å²) >= 11 is 0. The number of nitrogens with one attached hydrogen (secondary N) is 1. The third kappa shape index (κ3) is 4.28. The van der Waals surface area contributed by atoms with Gasteiger partial charge in [0.25, 0.3) is 5.91 Å². The highest BCUT2D eigenvalue weighted by molar-refractivity contribution is 5.96. The Morgan fingerprint density at radius 3 is 2.35 bits per heavy atom. The first-order valence-corrected chi connectivity index (χ1v) is 7.77. The van der Waals surface area contributed by atoms with Crippen LogP contribution in [0.3, 0.4) is 0 Å². The van der Waals surface area contributed by atoms with E-state index in [9.17, 15) is 14.0 Å². The number of nitrogens with zero attached hydrogens (tertiary/aromatic N) is 1. The average molecular weight is 322 g/mol. The van der Waals surface area contributed by atoms with Crippen LogP contribution in [0.4, 0.5) is 4.39 Å². The summed E-state index contributed by atoms with van der Waals surface area (Å²) in [5, 5.41) is 11.7. The number of rotatable bonds is 3. The van der Waals surface area contributed by atoms with Crippen LogP contribution in [0.1, 0.15) is 54.3 Å². The number of carbonyl (C=O) groups is 2. The second-order valence-corrected chi connectivity index (χ2v) is 6.91. The maximum atomic E-state index is 13.9. The third-order valence-electron chi connectivity index (χ3n) is 4.24. The van der Waals surface area contributed by atoms with E-state index in [-0.39, 0.29) is 22.7 Å². The van der Waals surface area contributed by atoms with E-state index in [0.717, 1.165) is 32.0 Å². The van der Waals surface area contributed by atoms with Crippen molar-refractivity contribution in [3.8, 4) is 0 Å². The molecule has 2 rings (SSSR count). The van der Waals surface area contributed by atoms with Gasteiger partial charge in [0, 0.05) is 24.7 Å². The first-order chi connectivity index (χ1) is 10.7. The minimum Gasteiger partial charge on any atom is -0.478 e. The summed E-state index contributed by atoms with van der Waals surface area (Å²) in [6.07, 6.45) is 1.63. The number of aromatic carboxylic acids is 1. The smallest absolute Gasteiger partial charge is 0.335 e. The van der Waals surface area contributed by atoms with E-state index in [0.29, 0.717) is 0 Å². The fourth-order valence-corrected chi connectivity index (χ4v) is 2.79. The van der Waals surface area contributed by atoms with Crippen molar-refractivity contribution in [3.63, 3.8) is 0 Å². The number of halogens is 1. The van der Waals surface area contributed by atoms with Gasteiger partial charge in [0.1, 0.15) is 5.82 Å². The highest BCUT2D eigenvalue weighted by atomic mass is 19.1. The molecule has 0 radical (unpaired) electrons. The molecule has 1 saturated heterocycles. The Morgan fingerprint density at radius 2 is 1.87 bits per heavy atom. The van der Waals surface area contributed by atoms with E-state index < -0.39 is 17.7 Å². The fraction of sp³-hybridized carbons (Fsp3) is 0.529. The lowest BCUT2D eigenvalue weighted by atomic mass is 9.98. The number of likely N-dealkylation sites (tertiary alicyclic amines) is 1. The Labute approximate surface area is 135 Å². The maximum absolute atomic E-state index is 13.9. The van der Waals surface area contributed by atoms with Crippen LogP contribution in [0.5, 0.6) is 0 Å². The molecule has 126 valence electrons. The first kappa shape index (κ1) is 17.4. The van der Waals surface area contributed by atoms with E-state index in [4.69, 9.17) is 5.11 Å². The van der Waals surface area contributed by atoms with E-state index in [1.165, 1.54) is 12.1 Å². The molecule has 6 heteroatoms.